The molecule has 108 valence electrons. The fourth-order valence-electron chi connectivity index (χ4n) is 2.94. The summed E-state index contributed by atoms with van der Waals surface area (Å²) in [5.41, 5.74) is 7.15. The molecule has 0 bridgehead atoms. The SMILES string of the molecule is CCOC1(c2nc(C(N)CC(C)C)cs2)CCCC1. The molecule has 19 heavy (non-hydrogen) atoms. The molecule has 2 N–H and O–H groups in total. The first-order valence-electron chi connectivity index (χ1n) is 7.43. The Morgan fingerprint density at radius 2 is 2.11 bits per heavy atom. The first-order valence-corrected chi connectivity index (χ1v) is 8.31. The summed E-state index contributed by atoms with van der Waals surface area (Å²) in [5, 5.41) is 3.27. The monoisotopic (exact) mass is 282 g/mol. The van der Waals surface area contributed by atoms with Gasteiger partial charge in [-0.3, -0.25) is 0 Å². The Labute approximate surface area is 120 Å². The summed E-state index contributed by atoms with van der Waals surface area (Å²) in [4.78, 5) is 4.80. The first-order chi connectivity index (χ1) is 9.07. The van der Waals surface area contributed by atoms with Gasteiger partial charge in [0.1, 0.15) is 10.6 Å². The van der Waals surface area contributed by atoms with Gasteiger partial charge < -0.3 is 10.5 Å². The third-order valence-corrected chi connectivity index (χ3v) is 4.89. The van der Waals surface area contributed by atoms with Crippen LogP contribution in [0.4, 0.5) is 0 Å². The van der Waals surface area contributed by atoms with E-state index >= 15 is 0 Å². The Bertz CT molecular complexity index is 397. The zero-order valence-electron chi connectivity index (χ0n) is 12.3. The van der Waals surface area contributed by atoms with Crippen molar-refractivity contribution < 1.29 is 4.74 Å². The second-order valence-electron chi connectivity index (χ2n) is 5.95. The number of ether oxygens (including phenoxy) is 1. The van der Waals surface area contributed by atoms with Gasteiger partial charge in [-0.15, -0.1) is 11.3 Å². The molecule has 1 heterocycles. The molecule has 1 fully saturated rings. The molecular weight excluding hydrogens is 256 g/mol. The number of nitrogens with two attached hydrogens (primary N) is 1. The Morgan fingerprint density at radius 3 is 2.68 bits per heavy atom. The van der Waals surface area contributed by atoms with Crippen molar-refractivity contribution in [2.24, 2.45) is 11.7 Å². The van der Waals surface area contributed by atoms with Crippen molar-refractivity contribution in [3.8, 4) is 0 Å². The molecule has 0 radical (unpaired) electrons. The second-order valence-corrected chi connectivity index (χ2v) is 6.81. The number of rotatable bonds is 6. The lowest BCUT2D eigenvalue weighted by Gasteiger charge is -2.26. The van der Waals surface area contributed by atoms with Crippen LogP contribution in [0.5, 0.6) is 0 Å². The minimum absolute atomic E-state index is 0.0603. The fourth-order valence-corrected chi connectivity index (χ4v) is 4.03. The summed E-state index contributed by atoms with van der Waals surface area (Å²) in [6.45, 7) is 7.23. The molecular formula is C15H26N2OS. The average Bonchev–Trinajstić information content (AvgIpc) is 2.96. The Morgan fingerprint density at radius 1 is 1.42 bits per heavy atom. The summed E-state index contributed by atoms with van der Waals surface area (Å²) in [6.07, 6.45) is 5.69. The highest BCUT2D eigenvalue weighted by atomic mass is 32.1. The van der Waals surface area contributed by atoms with E-state index in [0.717, 1.165) is 36.6 Å². The van der Waals surface area contributed by atoms with Crippen molar-refractivity contribution in [1.29, 1.82) is 0 Å². The van der Waals surface area contributed by atoms with E-state index in [1.165, 1.54) is 12.8 Å². The van der Waals surface area contributed by atoms with E-state index < -0.39 is 0 Å². The summed E-state index contributed by atoms with van der Waals surface area (Å²) >= 11 is 1.72. The zero-order chi connectivity index (χ0) is 13.9. The van der Waals surface area contributed by atoms with Crippen LogP contribution < -0.4 is 5.73 Å². The normalized spacial score (nSPS) is 20.1. The summed E-state index contributed by atoms with van der Waals surface area (Å²) in [5.74, 6) is 0.604. The Balaban J connectivity index is 2.14. The van der Waals surface area contributed by atoms with Gasteiger partial charge in [0.25, 0.3) is 0 Å². The number of nitrogens with zero attached hydrogens (tertiary/aromatic N) is 1. The Hall–Kier alpha value is -0.450. The van der Waals surface area contributed by atoms with Gasteiger partial charge in [-0.1, -0.05) is 26.7 Å². The predicted molar refractivity (Wildman–Crippen MR) is 80.3 cm³/mol. The highest BCUT2D eigenvalue weighted by Gasteiger charge is 2.39. The van der Waals surface area contributed by atoms with Crippen molar-refractivity contribution in [3.63, 3.8) is 0 Å². The number of hydrogen-bond donors (Lipinski definition) is 1. The average molecular weight is 282 g/mol. The van der Waals surface area contributed by atoms with Crippen LogP contribution in [0.2, 0.25) is 0 Å². The van der Waals surface area contributed by atoms with Crippen molar-refractivity contribution in [3.05, 3.63) is 16.1 Å². The van der Waals surface area contributed by atoms with Crippen molar-refractivity contribution in [2.45, 2.75) is 64.5 Å². The van der Waals surface area contributed by atoms with Crippen LogP contribution in [-0.4, -0.2) is 11.6 Å². The van der Waals surface area contributed by atoms with Gasteiger partial charge in [-0.2, -0.15) is 0 Å². The molecule has 0 aliphatic heterocycles. The number of thiazole rings is 1. The van der Waals surface area contributed by atoms with E-state index in [1.54, 1.807) is 11.3 Å². The van der Waals surface area contributed by atoms with E-state index in [2.05, 4.69) is 26.2 Å². The molecule has 1 unspecified atom stereocenters. The third kappa shape index (κ3) is 3.36. The molecule has 3 nitrogen and oxygen atoms in total. The fraction of sp³-hybridized carbons (Fsp3) is 0.800. The summed E-state index contributed by atoms with van der Waals surface area (Å²) in [6, 6.07) is 0.0603. The van der Waals surface area contributed by atoms with Crippen molar-refractivity contribution in [2.75, 3.05) is 6.61 Å². The van der Waals surface area contributed by atoms with Crippen molar-refractivity contribution in [1.82, 2.24) is 4.98 Å². The highest BCUT2D eigenvalue weighted by molar-refractivity contribution is 7.09. The van der Waals surface area contributed by atoms with Crippen LogP contribution in [0.15, 0.2) is 5.38 Å². The van der Waals surface area contributed by atoms with E-state index in [4.69, 9.17) is 15.5 Å². The van der Waals surface area contributed by atoms with Gasteiger partial charge in [0, 0.05) is 18.0 Å². The molecule has 1 aliphatic rings. The summed E-state index contributed by atoms with van der Waals surface area (Å²) < 4.78 is 6.06. The van der Waals surface area contributed by atoms with Crippen LogP contribution in [0.1, 0.15) is 69.6 Å². The maximum absolute atomic E-state index is 6.23. The molecule has 1 aromatic heterocycles. The number of aromatic nitrogens is 1. The number of hydrogen-bond acceptors (Lipinski definition) is 4. The second kappa shape index (κ2) is 6.33. The van der Waals surface area contributed by atoms with Gasteiger partial charge in [-0.25, -0.2) is 4.98 Å². The lowest BCUT2D eigenvalue weighted by atomic mass is 10.0. The zero-order valence-corrected chi connectivity index (χ0v) is 13.1. The van der Waals surface area contributed by atoms with Crippen LogP contribution in [-0.2, 0) is 10.3 Å². The maximum atomic E-state index is 6.23. The van der Waals surface area contributed by atoms with E-state index in [9.17, 15) is 0 Å². The molecule has 4 heteroatoms. The van der Waals surface area contributed by atoms with E-state index in [0.29, 0.717) is 5.92 Å². The van der Waals surface area contributed by atoms with Gasteiger partial charge in [0.15, 0.2) is 0 Å². The molecule has 1 aromatic rings. The van der Waals surface area contributed by atoms with Gasteiger partial charge in [0.05, 0.1) is 5.69 Å². The van der Waals surface area contributed by atoms with E-state index in [-0.39, 0.29) is 11.6 Å². The molecule has 1 saturated carbocycles. The van der Waals surface area contributed by atoms with Crippen LogP contribution >= 0.6 is 11.3 Å². The van der Waals surface area contributed by atoms with Crippen LogP contribution in [0, 0.1) is 5.92 Å². The molecule has 0 amide bonds. The highest BCUT2D eigenvalue weighted by Crippen LogP contribution is 2.43. The van der Waals surface area contributed by atoms with Gasteiger partial charge >= 0.3 is 0 Å². The summed E-state index contributed by atoms with van der Waals surface area (Å²) in [7, 11) is 0. The molecule has 1 aliphatic carbocycles. The van der Waals surface area contributed by atoms with Crippen molar-refractivity contribution >= 4 is 11.3 Å². The predicted octanol–water partition coefficient (Wildman–Crippen LogP) is 3.99. The maximum Gasteiger partial charge on any atom is 0.125 e. The minimum atomic E-state index is -0.116. The lowest BCUT2D eigenvalue weighted by molar-refractivity contribution is -0.0392. The molecule has 0 saturated heterocycles. The smallest absolute Gasteiger partial charge is 0.125 e. The topological polar surface area (TPSA) is 48.1 Å². The molecule has 2 rings (SSSR count). The molecule has 0 aromatic carbocycles. The van der Waals surface area contributed by atoms with Crippen LogP contribution in [0.3, 0.4) is 0 Å². The minimum Gasteiger partial charge on any atom is -0.368 e. The third-order valence-electron chi connectivity index (χ3n) is 3.85. The van der Waals surface area contributed by atoms with Gasteiger partial charge in [-0.05, 0) is 32.1 Å². The van der Waals surface area contributed by atoms with E-state index in [1.807, 2.05) is 0 Å². The quantitative estimate of drug-likeness (QED) is 0.858. The largest absolute Gasteiger partial charge is 0.368 e. The molecule has 0 spiro atoms. The lowest BCUT2D eigenvalue weighted by Crippen LogP contribution is -2.26. The standard InChI is InChI=1S/C15H26N2OS/c1-4-18-15(7-5-6-8-15)14-17-13(10-19-14)12(16)9-11(2)3/h10-12H,4-9,16H2,1-3H3. The molecule has 1 atom stereocenters. The first kappa shape index (κ1) is 14.9. The Kier molecular flexibility index (Phi) is 4.98. The van der Waals surface area contributed by atoms with Crippen LogP contribution in [0.25, 0.3) is 0 Å². The van der Waals surface area contributed by atoms with Gasteiger partial charge in [0.2, 0.25) is 0 Å².